The van der Waals surface area contributed by atoms with Crippen LogP contribution in [0.5, 0.6) is 0 Å². The molecule has 3 aromatic rings. The number of sulfone groups is 1. The average Bonchev–Trinajstić information content (AvgIpc) is 2.74. The third-order valence-electron chi connectivity index (χ3n) is 4.99. The molecular weight excluding hydrogens is 428 g/mol. The van der Waals surface area contributed by atoms with Gasteiger partial charge in [-0.2, -0.15) is 0 Å². The van der Waals surface area contributed by atoms with E-state index in [2.05, 4.69) is 46.6 Å². The van der Waals surface area contributed by atoms with E-state index in [0.29, 0.717) is 17.7 Å². The van der Waals surface area contributed by atoms with Crippen molar-refractivity contribution in [1.82, 2.24) is 5.32 Å². The second kappa shape index (κ2) is 9.16. The van der Waals surface area contributed by atoms with Gasteiger partial charge in [-0.3, -0.25) is 4.79 Å². The number of hydrogen-bond acceptors (Lipinski definition) is 5. The number of amides is 1. The van der Waals surface area contributed by atoms with Crippen LogP contribution in [-0.2, 0) is 15.6 Å². The van der Waals surface area contributed by atoms with Crippen LogP contribution in [0.4, 0.5) is 11.4 Å². The first-order valence-corrected chi connectivity index (χ1v) is 13.0. The summed E-state index contributed by atoms with van der Waals surface area (Å²) in [4.78, 5) is 17.3. The minimum atomic E-state index is -3.14. The minimum Gasteiger partial charge on any atom is -0.352 e. The molecule has 1 amide bonds. The first-order chi connectivity index (χ1) is 14.9. The summed E-state index contributed by atoms with van der Waals surface area (Å²) in [5, 5.41) is 2.96. The number of nitrogens with zero attached hydrogens (tertiary/aromatic N) is 1. The number of benzene rings is 3. The number of anilines is 2. The van der Waals surface area contributed by atoms with Gasteiger partial charge in [0, 0.05) is 34.7 Å². The maximum atomic E-state index is 12.5. The summed E-state index contributed by atoms with van der Waals surface area (Å²) in [6, 6.07) is 23.5. The molecule has 0 fully saturated rings. The Morgan fingerprint density at radius 1 is 0.935 bits per heavy atom. The van der Waals surface area contributed by atoms with Gasteiger partial charge in [0.05, 0.1) is 17.1 Å². The van der Waals surface area contributed by atoms with Crippen LogP contribution in [0.25, 0.3) is 0 Å². The van der Waals surface area contributed by atoms with Gasteiger partial charge in [-0.15, -0.1) is 0 Å². The van der Waals surface area contributed by atoms with Crippen LogP contribution in [0.1, 0.15) is 22.3 Å². The molecule has 0 unspecified atom stereocenters. The molecule has 160 valence electrons. The fourth-order valence-electron chi connectivity index (χ4n) is 3.67. The Kier molecular flexibility index (Phi) is 6.34. The number of rotatable bonds is 7. The lowest BCUT2D eigenvalue weighted by Crippen LogP contribution is -2.29. The number of para-hydroxylation sites is 2. The summed E-state index contributed by atoms with van der Waals surface area (Å²) < 4.78 is 23.0. The smallest absolute Gasteiger partial charge is 0.251 e. The summed E-state index contributed by atoms with van der Waals surface area (Å²) in [6.45, 7) is 1.31. The summed E-state index contributed by atoms with van der Waals surface area (Å²) in [7, 11) is -3.14. The molecule has 1 N–H and O–H groups in total. The zero-order valence-electron chi connectivity index (χ0n) is 17.2. The van der Waals surface area contributed by atoms with Crippen LogP contribution in [0.15, 0.2) is 82.6 Å². The van der Waals surface area contributed by atoms with Gasteiger partial charge in [-0.25, -0.2) is 8.42 Å². The van der Waals surface area contributed by atoms with Crippen LogP contribution in [0.3, 0.4) is 0 Å². The maximum Gasteiger partial charge on any atom is 0.251 e. The highest BCUT2D eigenvalue weighted by atomic mass is 32.2. The SMILES string of the molecule is CS(=O)(=O)Cc1cccc(C(=O)NCCCN2c3ccccc3Sc3ccccc32)c1. The van der Waals surface area contributed by atoms with Gasteiger partial charge >= 0.3 is 0 Å². The number of hydrogen-bond donors (Lipinski definition) is 1. The highest BCUT2D eigenvalue weighted by molar-refractivity contribution is 7.99. The lowest BCUT2D eigenvalue weighted by atomic mass is 10.1. The van der Waals surface area contributed by atoms with Crippen molar-refractivity contribution >= 4 is 38.9 Å². The van der Waals surface area contributed by atoms with Crippen molar-refractivity contribution in [1.29, 1.82) is 0 Å². The molecule has 0 saturated carbocycles. The van der Waals surface area contributed by atoms with Gasteiger partial charge in [0.2, 0.25) is 0 Å². The predicted molar refractivity (Wildman–Crippen MR) is 126 cm³/mol. The largest absolute Gasteiger partial charge is 0.352 e. The highest BCUT2D eigenvalue weighted by Gasteiger charge is 2.22. The van der Waals surface area contributed by atoms with Crippen LogP contribution in [-0.4, -0.2) is 33.7 Å². The monoisotopic (exact) mass is 452 g/mol. The highest BCUT2D eigenvalue weighted by Crippen LogP contribution is 2.47. The molecule has 1 aliphatic rings. The van der Waals surface area contributed by atoms with E-state index in [0.717, 1.165) is 13.0 Å². The van der Waals surface area contributed by atoms with E-state index in [1.165, 1.54) is 27.4 Å². The maximum absolute atomic E-state index is 12.5. The average molecular weight is 453 g/mol. The van der Waals surface area contributed by atoms with E-state index in [4.69, 9.17) is 0 Å². The van der Waals surface area contributed by atoms with Gasteiger partial charge < -0.3 is 10.2 Å². The lowest BCUT2D eigenvalue weighted by Gasteiger charge is -2.32. The summed E-state index contributed by atoms with van der Waals surface area (Å²) in [5.74, 6) is -0.259. The zero-order chi connectivity index (χ0) is 21.8. The van der Waals surface area contributed by atoms with Crippen LogP contribution in [0.2, 0.25) is 0 Å². The molecule has 0 saturated heterocycles. The normalized spacial score (nSPS) is 12.7. The standard InChI is InChI=1S/C24H24N2O3S2/c1-31(28,29)17-18-8-6-9-19(16-18)24(27)25-14-7-15-26-20-10-2-4-12-22(20)30-23-13-5-3-11-21(23)26/h2-6,8-13,16H,7,14-15,17H2,1H3,(H,25,27). The molecule has 0 radical (unpaired) electrons. The zero-order valence-corrected chi connectivity index (χ0v) is 18.9. The van der Waals surface area contributed by atoms with Gasteiger partial charge in [0.15, 0.2) is 9.84 Å². The van der Waals surface area contributed by atoms with E-state index in [9.17, 15) is 13.2 Å². The molecule has 1 heterocycles. The number of carbonyl (C=O) groups is 1. The Balaban J connectivity index is 1.39. The van der Waals surface area contributed by atoms with Crippen LogP contribution in [0, 0.1) is 0 Å². The number of fused-ring (bicyclic) bond motifs is 2. The molecule has 1 aliphatic heterocycles. The summed E-state index contributed by atoms with van der Waals surface area (Å²) in [5.41, 5.74) is 3.47. The molecule has 0 aliphatic carbocycles. The van der Waals surface area contributed by atoms with E-state index in [-0.39, 0.29) is 11.7 Å². The summed E-state index contributed by atoms with van der Waals surface area (Å²) >= 11 is 1.78. The molecule has 7 heteroatoms. The van der Waals surface area contributed by atoms with Crippen LogP contribution < -0.4 is 10.2 Å². The van der Waals surface area contributed by atoms with Gasteiger partial charge in [0.25, 0.3) is 5.91 Å². The minimum absolute atomic E-state index is 0.0695. The number of nitrogens with one attached hydrogen (secondary N) is 1. The Hall–Kier alpha value is -2.77. The second-order valence-corrected chi connectivity index (χ2v) is 10.8. The van der Waals surface area contributed by atoms with E-state index in [1.54, 1.807) is 36.0 Å². The number of carbonyl (C=O) groups excluding carboxylic acids is 1. The van der Waals surface area contributed by atoms with E-state index >= 15 is 0 Å². The molecule has 0 spiro atoms. The van der Waals surface area contributed by atoms with Crippen LogP contribution >= 0.6 is 11.8 Å². The van der Waals surface area contributed by atoms with Crippen molar-refractivity contribution in [3.05, 3.63) is 83.9 Å². The second-order valence-electron chi connectivity index (χ2n) is 7.57. The van der Waals surface area contributed by atoms with Crippen molar-refractivity contribution in [2.75, 3.05) is 24.2 Å². The first kappa shape index (κ1) is 21.5. The van der Waals surface area contributed by atoms with Gasteiger partial charge in [-0.1, -0.05) is 48.2 Å². The fourth-order valence-corrected chi connectivity index (χ4v) is 5.55. The topological polar surface area (TPSA) is 66.5 Å². The fraction of sp³-hybridized carbons (Fsp3) is 0.208. The van der Waals surface area contributed by atoms with Gasteiger partial charge in [-0.05, 0) is 48.4 Å². The van der Waals surface area contributed by atoms with Crippen molar-refractivity contribution in [3.63, 3.8) is 0 Å². The molecule has 4 rings (SSSR count). The van der Waals surface area contributed by atoms with Crippen molar-refractivity contribution in [2.24, 2.45) is 0 Å². The molecular formula is C24H24N2O3S2. The lowest BCUT2D eigenvalue weighted by molar-refractivity contribution is 0.0953. The van der Waals surface area contributed by atoms with Gasteiger partial charge in [0.1, 0.15) is 0 Å². The van der Waals surface area contributed by atoms with E-state index < -0.39 is 9.84 Å². The first-order valence-electron chi connectivity index (χ1n) is 10.1. The predicted octanol–water partition coefficient (Wildman–Crippen LogP) is 4.65. The van der Waals surface area contributed by atoms with Crippen molar-refractivity contribution < 1.29 is 13.2 Å². The molecule has 5 nitrogen and oxygen atoms in total. The quantitative estimate of drug-likeness (QED) is 0.529. The summed E-state index contributed by atoms with van der Waals surface area (Å²) in [6.07, 6.45) is 1.97. The molecule has 3 aromatic carbocycles. The third kappa shape index (κ3) is 5.29. The van der Waals surface area contributed by atoms with Crippen molar-refractivity contribution in [3.8, 4) is 0 Å². The molecule has 0 atom stereocenters. The molecule has 0 aromatic heterocycles. The molecule has 31 heavy (non-hydrogen) atoms. The Bertz CT molecular complexity index is 1160. The molecule has 0 bridgehead atoms. The third-order valence-corrected chi connectivity index (χ3v) is 6.98. The van der Waals surface area contributed by atoms with Crippen molar-refractivity contribution in [2.45, 2.75) is 22.0 Å². The Labute approximate surface area is 187 Å². The Morgan fingerprint density at radius 2 is 1.58 bits per heavy atom. The van der Waals surface area contributed by atoms with E-state index in [1.807, 2.05) is 12.1 Å². The Morgan fingerprint density at radius 3 is 2.23 bits per heavy atom.